The summed E-state index contributed by atoms with van der Waals surface area (Å²) in [5, 5.41) is 2.85. The number of amides is 1. The van der Waals surface area contributed by atoms with Crippen molar-refractivity contribution in [3.05, 3.63) is 34.9 Å². The fourth-order valence-electron chi connectivity index (χ4n) is 2.68. The third-order valence-electron chi connectivity index (χ3n) is 4.02. The maximum atomic E-state index is 12.0. The van der Waals surface area contributed by atoms with Gasteiger partial charge < -0.3 is 10.1 Å². The number of nitrogens with one attached hydrogen (secondary N) is 1. The molecule has 2 rings (SSSR count). The number of hydrogen-bond donors (Lipinski definition) is 1. The summed E-state index contributed by atoms with van der Waals surface area (Å²) in [6.07, 6.45) is 5.00. The smallest absolute Gasteiger partial charge is 0.338 e. The molecule has 1 aromatic rings. The number of carbonyl (C=O) groups excluding carboxylic acids is 2. The lowest BCUT2D eigenvalue weighted by molar-refractivity contribution is -0.125. The van der Waals surface area contributed by atoms with E-state index in [2.05, 4.69) is 5.32 Å². The summed E-state index contributed by atoms with van der Waals surface area (Å²) >= 11 is 0. The van der Waals surface area contributed by atoms with Crippen LogP contribution in [0.15, 0.2) is 18.2 Å². The van der Waals surface area contributed by atoms with Gasteiger partial charge in [0.2, 0.25) is 0 Å². The second kappa shape index (κ2) is 7.25. The lowest BCUT2D eigenvalue weighted by atomic mass is 10.1. The number of ether oxygens (including phenoxy) is 1. The van der Waals surface area contributed by atoms with Gasteiger partial charge in [-0.2, -0.15) is 0 Å². The van der Waals surface area contributed by atoms with Crippen LogP contribution >= 0.6 is 0 Å². The van der Waals surface area contributed by atoms with Gasteiger partial charge in [-0.15, -0.1) is 0 Å². The van der Waals surface area contributed by atoms with Gasteiger partial charge in [0.15, 0.2) is 6.61 Å². The molecule has 0 aliphatic heterocycles. The second-order valence-electron chi connectivity index (χ2n) is 5.49. The highest BCUT2D eigenvalue weighted by molar-refractivity contribution is 5.91. The molecule has 0 fully saturated rings. The minimum atomic E-state index is -0.426. The van der Waals surface area contributed by atoms with Gasteiger partial charge in [-0.25, -0.2) is 4.79 Å². The molecule has 1 aliphatic carbocycles. The van der Waals surface area contributed by atoms with Crippen molar-refractivity contribution in [2.75, 3.05) is 6.61 Å². The highest BCUT2D eigenvalue weighted by Gasteiger charge is 2.16. The van der Waals surface area contributed by atoms with Gasteiger partial charge in [0, 0.05) is 6.04 Å². The fraction of sp³-hybridized carbons (Fsp3) is 0.529. The quantitative estimate of drug-likeness (QED) is 0.819. The molecular weight excluding hydrogens is 266 g/mol. The first-order valence-corrected chi connectivity index (χ1v) is 7.72. The van der Waals surface area contributed by atoms with Crippen LogP contribution in [0.1, 0.15) is 54.6 Å². The Kier molecular flexibility index (Phi) is 5.37. The van der Waals surface area contributed by atoms with Crippen LogP contribution in [-0.4, -0.2) is 24.5 Å². The van der Waals surface area contributed by atoms with Crippen molar-refractivity contribution < 1.29 is 14.3 Å². The molecule has 0 unspecified atom stereocenters. The Morgan fingerprint density at radius 1 is 1.19 bits per heavy atom. The van der Waals surface area contributed by atoms with Gasteiger partial charge >= 0.3 is 5.97 Å². The first-order chi connectivity index (χ1) is 10.1. The maximum Gasteiger partial charge on any atom is 0.338 e. The summed E-state index contributed by atoms with van der Waals surface area (Å²) in [6, 6.07) is 5.81. The first kappa shape index (κ1) is 15.5. The Morgan fingerprint density at radius 3 is 2.62 bits per heavy atom. The van der Waals surface area contributed by atoms with E-state index in [0.29, 0.717) is 5.56 Å². The Morgan fingerprint density at radius 2 is 1.90 bits per heavy atom. The lowest BCUT2D eigenvalue weighted by Crippen LogP contribution is -2.36. The lowest BCUT2D eigenvalue weighted by Gasteiger charge is -2.14. The minimum Gasteiger partial charge on any atom is -0.452 e. The molecule has 0 radical (unpaired) electrons. The number of aryl methyl sites for hydroxylation is 2. The molecule has 0 heterocycles. The van der Waals surface area contributed by atoms with Crippen molar-refractivity contribution >= 4 is 11.9 Å². The van der Waals surface area contributed by atoms with Crippen LogP contribution in [-0.2, 0) is 22.4 Å². The van der Waals surface area contributed by atoms with E-state index in [1.165, 1.54) is 11.1 Å². The van der Waals surface area contributed by atoms with Gasteiger partial charge in [-0.3, -0.25) is 4.79 Å². The van der Waals surface area contributed by atoms with Crippen molar-refractivity contribution in [2.24, 2.45) is 0 Å². The second-order valence-corrected chi connectivity index (χ2v) is 5.49. The van der Waals surface area contributed by atoms with E-state index < -0.39 is 5.97 Å². The SMILES string of the molecule is CCC(CC)NC(=O)COC(=O)c1ccc2c(c1)CCC2. The average molecular weight is 289 g/mol. The van der Waals surface area contributed by atoms with E-state index in [9.17, 15) is 9.59 Å². The Labute approximate surface area is 125 Å². The van der Waals surface area contributed by atoms with Crippen molar-refractivity contribution in [1.29, 1.82) is 0 Å². The average Bonchev–Trinajstić information content (AvgIpc) is 2.97. The summed E-state index contributed by atoms with van der Waals surface area (Å²) < 4.78 is 5.09. The van der Waals surface area contributed by atoms with Crippen LogP contribution in [0.4, 0.5) is 0 Å². The molecule has 114 valence electrons. The van der Waals surface area contributed by atoms with Gasteiger partial charge in [0.05, 0.1) is 5.56 Å². The predicted molar refractivity (Wildman–Crippen MR) is 81.3 cm³/mol. The molecule has 1 amide bonds. The molecule has 0 saturated heterocycles. The predicted octanol–water partition coefficient (Wildman–Crippen LogP) is 2.64. The van der Waals surface area contributed by atoms with E-state index in [0.717, 1.165) is 32.1 Å². The Bertz CT molecular complexity index is 521. The summed E-state index contributed by atoms with van der Waals surface area (Å²) in [5.74, 6) is -0.664. The molecule has 0 atom stereocenters. The van der Waals surface area contributed by atoms with Crippen LogP contribution in [0.25, 0.3) is 0 Å². The Hall–Kier alpha value is -1.84. The van der Waals surface area contributed by atoms with Crippen molar-refractivity contribution in [2.45, 2.75) is 52.0 Å². The highest BCUT2D eigenvalue weighted by atomic mass is 16.5. The summed E-state index contributed by atoms with van der Waals surface area (Å²) in [7, 11) is 0. The normalized spacial score (nSPS) is 13.1. The third-order valence-corrected chi connectivity index (χ3v) is 4.02. The van der Waals surface area contributed by atoms with Crippen LogP contribution in [0.2, 0.25) is 0 Å². The van der Waals surface area contributed by atoms with E-state index in [-0.39, 0.29) is 18.6 Å². The molecule has 0 saturated carbocycles. The number of esters is 1. The van der Waals surface area contributed by atoms with Crippen LogP contribution < -0.4 is 5.32 Å². The number of rotatable bonds is 6. The van der Waals surface area contributed by atoms with Gasteiger partial charge in [-0.05, 0) is 55.4 Å². The standard InChI is InChI=1S/C17H23NO3/c1-3-15(4-2)18-16(19)11-21-17(20)14-9-8-12-6-5-7-13(12)10-14/h8-10,15H,3-7,11H2,1-2H3,(H,18,19). The number of fused-ring (bicyclic) bond motifs is 1. The van der Waals surface area contributed by atoms with Crippen molar-refractivity contribution in [3.8, 4) is 0 Å². The van der Waals surface area contributed by atoms with Gasteiger partial charge in [-0.1, -0.05) is 19.9 Å². The molecule has 0 bridgehead atoms. The molecule has 21 heavy (non-hydrogen) atoms. The number of carbonyl (C=O) groups is 2. The van der Waals surface area contributed by atoms with Gasteiger partial charge in [0.1, 0.15) is 0 Å². The van der Waals surface area contributed by atoms with E-state index >= 15 is 0 Å². The molecule has 4 nitrogen and oxygen atoms in total. The third kappa shape index (κ3) is 4.06. The van der Waals surface area contributed by atoms with Gasteiger partial charge in [0.25, 0.3) is 5.91 Å². The zero-order chi connectivity index (χ0) is 15.2. The molecule has 1 aliphatic rings. The van der Waals surface area contributed by atoms with Crippen molar-refractivity contribution in [1.82, 2.24) is 5.32 Å². The zero-order valence-corrected chi connectivity index (χ0v) is 12.8. The molecule has 0 spiro atoms. The molecule has 4 heteroatoms. The molecule has 1 aromatic carbocycles. The van der Waals surface area contributed by atoms with Crippen LogP contribution in [0.3, 0.4) is 0 Å². The first-order valence-electron chi connectivity index (χ1n) is 7.72. The monoisotopic (exact) mass is 289 g/mol. The number of hydrogen-bond acceptors (Lipinski definition) is 3. The molecule has 0 aromatic heterocycles. The molecule has 1 N–H and O–H groups in total. The summed E-state index contributed by atoms with van der Waals surface area (Å²) in [5.41, 5.74) is 3.08. The zero-order valence-electron chi connectivity index (χ0n) is 12.8. The Balaban J connectivity index is 1.86. The van der Waals surface area contributed by atoms with Crippen molar-refractivity contribution in [3.63, 3.8) is 0 Å². The topological polar surface area (TPSA) is 55.4 Å². The van der Waals surface area contributed by atoms with E-state index in [1.54, 1.807) is 6.07 Å². The van der Waals surface area contributed by atoms with E-state index in [1.807, 2.05) is 26.0 Å². The fourth-order valence-corrected chi connectivity index (χ4v) is 2.68. The minimum absolute atomic E-state index is 0.149. The summed E-state index contributed by atoms with van der Waals surface area (Å²) in [6.45, 7) is 3.82. The van der Waals surface area contributed by atoms with Crippen LogP contribution in [0, 0.1) is 0 Å². The maximum absolute atomic E-state index is 12.0. The van der Waals surface area contributed by atoms with Crippen LogP contribution in [0.5, 0.6) is 0 Å². The molecular formula is C17H23NO3. The highest BCUT2D eigenvalue weighted by Crippen LogP contribution is 2.23. The van der Waals surface area contributed by atoms with E-state index in [4.69, 9.17) is 4.74 Å². The number of benzene rings is 1. The summed E-state index contributed by atoms with van der Waals surface area (Å²) in [4.78, 5) is 23.7. The largest absolute Gasteiger partial charge is 0.452 e.